The van der Waals surface area contributed by atoms with E-state index in [1.54, 1.807) is 0 Å². The zero-order chi connectivity index (χ0) is 15.5. The van der Waals surface area contributed by atoms with Gasteiger partial charge in [-0.25, -0.2) is 0 Å². The van der Waals surface area contributed by atoms with E-state index in [-0.39, 0.29) is 5.60 Å². The van der Waals surface area contributed by atoms with Gasteiger partial charge in [-0.15, -0.1) is 0 Å². The van der Waals surface area contributed by atoms with Crippen molar-refractivity contribution in [2.45, 2.75) is 50.0 Å². The highest BCUT2D eigenvalue weighted by molar-refractivity contribution is 5.08. The first-order valence-electron chi connectivity index (χ1n) is 8.79. The van der Waals surface area contributed by atoms with Crippen LogP contribution in [0.5, 0.6) is 0 Å². The summed E-state index contributed by atoms with van der Waals surface area (Å²) in [6.07, 6.45) is 8.32. The van der Waals surface area contributed by atoms with Crippen molar-refractivity contribution in [3.05, 3.63) is 30.1 Å². The van der Waals surface area contributed by atoms with Crippen molar-refractivity contribution >= 4 is 0 Å². The Morgan fingerprint density at radius 2 is 1.91 bits per heavy atom. The Bertz CT molecular complexity index is 498. The van der Waals surface area contributed by atoms with Crippen molar-refractivity contribution in [3.8, 4) is 0 Å². The number of hydrogen-bond acceptors (Lipinski definition) is 5. The first-order valence-corrected chi connectivity index (χ1v) is 8.79. The number of aromatic nitrogens is 1. The van der Waals surface area contributed by atoms with Crippen molar-refractivity contribution in [1.82, 2.24) is 9.88 Å². The van der Waals surface area contributed by atoms with Gasteiger partial charge in [0.1, 0.15) is 0 Å². The summed E-state index contributed by atoms with van der Waals surface area (Å²) in [4.78, 5) is 6.63. The molecule has 1 aromatic rings. The average Bonchev–Trinajstić information content (AvgIpc) is 2.60. The molecule has 0 amide bonds. The fourth-order valence-electron chi connectivity index (χ4n) is 4.04. The van der Waals surface area contributed by atoms with Crippen LogP contribution in [0.25, 0.3) is 0 Å². The maximum Gasteiger partial charge on any atom is 0.0959 e. The van der Waals surface area contributed by atoms with Crippen LogP contribution in [0.1, 0.15) is 31.2 Å². The summed E-state index contributed by atoms with van der Waals surface area (Å²) < 4.78 is 17.7. The number of rotatable bonds is 4. The number of pyridine rings is 1. The number of likely N-dealkylation sites (tertiary alicyclic amines) is 1. The third kappa shape index (κ3) is 3.58. The Kier molecular flexibility index (Phi) is 4.62. The highest BCUT2D eigenvalue weighted by Crippen LogP contribution is 2.38. The predicted octanol–water partition coefficient (Wildman–Crippen LogP) is 2.01. The summed E-state index contributed by atoms with van der Waals surface area (Å²) >= 11 is 0. The lowest BCUT2D eigenvalue weighted by atomic mass is 9.82. The smallest absolute Gasteiger partial charge is 0.0959 e. The largest absolute Gasteiger partial charge is 0.381 e. The van der Waals surface area contributed by atoms with Crippen LogP contribution in [0.3, 0.4) is 0 Å². The second kappa shape index (κ2) is 6.85. The molecule has 0 saturated carbocycles. The molecule has 0 aliphatic carbocycles. The van der Waals surface area contributed by atoms with Gasteiger partial charge in [0, 0.05) is 57.8 Å². The average molecular weight is 318 g/mol. The molecule has 0 radical (unpaired) electrons. The molecule has 4 heterocycles. The molecule has 4 rings (SSSR count). The molecule has 1 spiro atoms. The van der Waals surface area contributed by atoms with Crippen LogP contribution in [0, 0.1) is 0 Å². The van der Waals surface area contributed by atoms with Crippen LogP contribution in [-0.2, 0) is 20.8 Å². The summed E-state index contributed by atoms with van der Waals surface area (Å²) in [7, 11) is 0. The minimum absolute atomic E-state index is 0.0411. The Balaban J connectivity index is 1.26. The molecular formula is C18H26N2O3. The van der Waals surface area contributed by atoms with Gasteiger partial charge in [0.15, 0.2) is 0 Å². The maximum absolute atomic E-state index is 6.14. The van der Waals surface area contributed by atoms with Crippen LogP contribution in [0.2, 0.25) is 0 Å². The second-order valence-electron chi connectivity index (χ2n) is 7.06. The molecule has 3 aliphatic rings. The van der Waals surface area contributed by atoms with E-state index in [4.69, 9.17) is 14.2 Å². The Labute approximate surface area is 137 Å². The molecule has 0 N–H and O–H groups in total. The van der Waals surface area contributed by atoms with Gasteiger partial charge in [0.05, 0.1) is 18.3 Å². The third-order valence-electron chi connectivity index (χ3n) is 5.37. The summed E-state index contributed by atoms with van der Waals surface area (Å²) in [6, 6.07) is 4.73. The maximum atomic E-state index is 6.14. The van der Waals surface area contributed by atoms with Gasteiger partial charge in [-0.1, -0.05) is 0 Å². The second-order valence-corrected chi connectivity index (χ2v) is 7.06. The highest BCUT2D eigenvalue weighted by atomic mass is 16.5. The van der Waals surface area contributed by atoms with Crippen molar-refractivity contribution in [3.63, 3.8) is 0 Å². The van der Waals surface area contributed by atoms with E-state index >= 15 is 0 Å². The van der Waals surface area contributed by atoms with Gasteiger partial charge >= 0.3 is 0 Å². The number of hydrogen-bond donors (Lipinski definition) is 0. The predicted molar refractivity (Wildman–Crippen MR) is 86.1 cm³/mol. The third-order valence-corrected chi connectivity index (χ3v) is 5.37. The van der Waals surface area contributed by atoms with Gasteiger partial charge in [0.25, 0.3) is 0 Å². The molecule has 3 saturated heterocycles. The summed E-state index contributed by atoms with van der Waals surface area (Å²) in [5.41, 5.74) is 1.23. The van der Waals surface area contributed by atoms with Crippen LogP contribution >= 0.6 is 0 Å². The van der Waals surface area contributed by atoms with E-state index in [1.807, 2.05) is 24.5 Å². The van der Waals surface area contributed by atoms with Crippen molar-refractivity contribution in [2.75, 3.05) is 32.9 Å². The van der Waals surface area contributed by atoms with Crippen LogP contribution < -0.4 is 0 Å². The minimum Gasteiger partial charge on any atom is -0.381 e. The lowest BCUT2D eigenvalue weighted by Crippen LogP contribution is -2.68. The lowest BCUT2D eigenvalue weighted by molar-refractivity contribution is -0.210. The molecule has 1 aromatic heterocycles. The zero-order valence-electron chi connectivity index (χ0n) is 13.7. The monoisotopic (exact) mass is 318 g/mol. The van der Waals surface area contributed by atoms with Crippen LogP contribution in [0.15, 0.2) is 24.5 Å². The molecule has 1 atom stereocenters. The van der Waals surface area contributed by atoms with E-state index in [0.29, 0.717) is 18.8 Å². The Hall–Kier alpha value is -1.01. The number of nitrogens with zero attached hydrogens (tertiary/aromatic N) is 2. The van der Waals surface area contributed by atoms with Gasteiger partial charge < -0.3 is 14.2 Å². The normalized spacial score (nSPS) is 28.6. The molecule has 0 aromatic carbocycles. The quantitative estimate of drug-likeness (QED) is 0.850. The summed E-state index contributed by atoms with van der Waals surface area (Å²) in [5, 5.41) is 0. The van der Waals surface area contributed by atoms with Crippen LogP contribution in [-0.4, -0.2) is 60.5 Å². The van der Waals surface area contributed by atoms with Crippen LogP contribution in [0.4, 0.5) is 0 Å². The molecule has 5 nitrogen and oxygen atoms in total. The van der Waals surface area contributed by atoms with E-state index in [1.165, 1.54) is 5.56 Å². The molecular weight excluding hydrogens is 292 g/mol. The molecule has 5 heteroatoms. The highest BCUT2D eigenvalue weighted by Gasteiger charge is 2.49. The van der Waals surface area contributed by atoms with Gasteiger partial charge in [-0.2, -0.15) is 0 Å². The SMILES string of the molecule is c1cc(CO[C@@H]2CCOC3(C2)CN(C2CCOCC2)C3)ccn1. The Morgan fingerprint density at radius 3 is 2.70 bits per heavy atom. The molecule has 3 fully saturated rings. The summed E-state index contributed by atoms with van der Waals surface area (Å²) in [6.45, 7) is 5.44. The molecule has 0 unspecified atom stereocenters. The van der Waals surface area contributed by atoms with Gasteiger partial charge in [-0.05, 0) is 37.0 Å². The topological polar surface area (TPSA) is 43.8 Å². The standard InChI is InChI=1S/C18H26N2O3/c1-6-19-7-2-15(1)12-22-17-5-10-23-18(11-17)13-20(14-18)16-3-8-21-9-4-16/h1-2,6-7,16-17H,3-5,8-14H2/t17-/m1/s1. The molecule has 0 bridgehead atoms. The first-order chi connectivity index (χ1) is 11.3. The number of ether oxygens (including phenoxy) is 3. The summed E-state index contributed by atoms with van der Waals surface area (Å²) in [5.74, 6) is 0. The molecule has 3 aliphatic heterocycles. The molecule has 126 valence electrons. The van der Waals surface area contributed by atoms with Gasteiger partial charge in [0.2, 0.25) is 0 Å². The fourth-order valence-corrected chi connectivity index (χ4v) is 4.04. The van der Waals surface area contributed by atoms with Gasteiger partial charge in [-0.3, -0.25) is 9.88 Å². The van der Waals surface area contributed by atoms with E-state index in [0.717, 1.165) is 58.6 Å². The van der Waals surface area contributed by atoms with E-state index in [9.17, 15) is 0 Å². The molecule has 23 heavy (non-hydrogen) atoms. The van der Waals surface area contributed by atoms with Crippen molar-refractivity contribution in [2.24, 2.45) is 0 Å². The first kappa shape index (κ1) is 15.5. The fraction of sp³-hybridized carbons (Fsp3) is 0.722. The Morgan fingerprint density at radius 1 is 1.13 bits per heavy atom. The lowest BCUT2D eigenvalue weighted by Gasteiger charge is -2.56. The van der Waals surface area contributed by atoms with E-state index in [2.05, 4.69) is 9.88 Å². The zero-order valence-corrected chi connectivity index (χ0v) is 13.7. The van der Waals surface area contributed by atoms with Crippen molar-refractivity contribution in [1.29, 1.82) is 0 Å². The van der Waals surface area contributed by atoms with E-state index < -0.39 is 0 Å². The van der Waals surface area contributed by atoms with Crippen molar-refractivity contribution < 1.29 is 14.2 Å². The minimum atomic E-state index is 0.0411.